The van der Waals surface area contributed by atoms with Crippen molar-refractivity contribution >= 4 is 65.0 Å². The number of piperazine rings is 1. The Balaban J connectivity index is 0.771. The fourth-order valence-electron chi connectivity index (χ4n) is 9.30. The van der Waals surface area contributed by atoms with E-state index in [1.54, 1.807) is 44.8 Å². The number of imide groups is 2. The first-order valence-corrected chi connectivity index (χ1v) is 24.9. The Morgan fingerprint density at radius 1 is 0.891 bits per heavy atom. The standard InChI is InChI=1S/C47H54ClN8O7P/c1-63-40-28-34(12-10-30(40)26-42-50-29-37(48)38(51-42)25-31-7-4-5-8-41(31)64(2,3)62)53-19-16-33(17-20-53)54-21-23-55(24-22-54)44(58)9-6-18-49-32-11-13-35-36(27-32)47(61)56(46(35)60)39-14-15-43(57)52-45(39)59/h4-5,7-8,10-13,27-29,33,39,49H,6,9,14-26H2,1-3H3,(H,52,57,59). The van der Waals surface area contributed by atoms with Crippen molar-refractivity contribution in [2.24, 2.45) is 0 Å². The van der Waals surface area contributed by atoms with Crippen LogP contribution in [0.5, 0.6) is 5.75 Å². The van der Waals surface area contributed by atoms with Gasteiger partial charge in [0.2, 0.25) is 17.7 Å². The highest BCUT2D eigenvalue weighted by Gasteiger charge is 2.44. The number of fused-ring (bicyclic) bond motifs is 1. The lowest BCUT2D eigenvalue weighted by Gasteiger charge is -2.43. The van der Waals surface area contributed by atoms with Crippen molar-refractivity contribution in [3.63, 3.8) is 0 Å². The number of amides is 5. The second-order valence-electron chi connectivity index (χ2n) is 17.3. The van der Waals surface area contributed by atoms with Crippen molar-refractivity contribution in [2.45, 2.75) is 63.5 Å². The number of hydrogen-bond donors (Lipinski definition) is 2. The number of aromatic nitrogens is 2. The monoisotopic (exact) mass is 908 g/mol. The number of nitrogens with zero attached hydrogens (tertiary/aromatic N) is 6. The van der Waals surface area contributed by atoms with Gasteiger partial charge in [-0.2, -0.15) is 0 Å². The van der Waals surface area contributed by atoms with Crippen molar-refractivity contribution in [3.05, 3.63) is 106 Å². The SMILES string of the molecule is COc1cc(N2CCC(N3CCN(C(=O)CCCNc4ccc5c(c4)C(=O)N(C4CCC(=O)NC4=O)C5=O)CC3)CC2)ccc1Cc1ncc(Cl)c(Cc2ccccc2P(C)(C)=O)n1. The van der Waals surface area contributed by atoms with E-state index >= 15 is 0 Å². The van der Waals surface area contributed by atoms with E-state index in [4.69, 9.17) is 21.3 Å². The van der Waals surface area contributed by atoms with E-state index in [1.165, 1.54) is 0 Å². The van der Waals surface area contributed by atoms with E-state index in [2.05, 4.69) is 43.6 Å². The van der Waals surface area contributed by atoms with Gasteiger partial charge >= 0.3 is 0 Å². The molecule has 5 amide bonds. The fourth-order valence-corrected chi connectivity index (χ4v) is 10.8. The van der Waals surface area contributed by atoms with E-state index in [1.807, 2.05) is 29.2 Å². The lowest BCUT2D eigenvalue weighted by Crippen LogP contribution is -2.54. The van der Waals surface area contributed by atoms with Gasteiger partial charge in [0.25, 0.3) is 11.8 Å². The number of piperidine rings is 2. The molecular weight excluding hydrogens is 855 g/mol. The van der Waals surface area contributed by atoms with Crippen LogP contribution in [0.3, 0.4) is 0 Å². The van der Waals surface area contributed by atoms with Gasteiger partial charge in [0.1, 0.15) is 24.8 Å². The molecule has 4 aliphatic rings. The summed E-state index contributed by atoms with van der Waals surface area (Å²) >= 11 is 6.57. The number of anilines is 2. The third-order valence-corrected chi connectivity index (χ3v) is 14.7. The number of nitrogens with one attached hydrogen (secondary N) is 2. The van der Waals surface area contributed by atoms with Crippen LogP contribution in [0.1, 0.15) is 81.9 Å². The second kappa shape index (κ2) is 19.2. The van der Waals surface area contributed by atoms with Gasteiger partial charge in [-0.05, 0) is 68.8 Å². The number of rotatable bonds is 14. The summed E-state index contributed by atoms with van der Waals surface area (Å²) in [6.07, 6.45) is 5.79. The number of benzene rings is 3. The van der Waals surface area contributed by atoms with Crippen molar-refractivity contribution in [3.8, 4) is 5.75 Å². The predicted octanol–water partition coefficient (Wildman–Crippen LogP) is 4.97. The van der Waals surface area contributed by atoms with Crippen LogP contribution >= 0.6 is 18.7 Å². The van der Waals surface area contributed by atoms with E-state index in [-0.39, 0.29) is 29.9 Å². The molecular formula is C47H54ClN8O7P. The first-order chi connectivity index (χ1) is 30.8. The Labute approximate surface area is 378 Å². The minimum absolute atomic E-state index is 0.0652. The van der Waals surface area contributed by atoms with Gasteiger partial charge in [-0.1, -0.05) is 41.9 Å². The van der Waals surface area contributed by atoms with Crippen LogP contribution in [0, 0.1) is 0 Å². The number of ether oxygens (including phenoxy) is 1. The summed E-state index contributed by atoms with van der Waals surface area (Å²) in [4.78, 5) is 80.5. The van der Waals surface area contributed by atoms with Crippen molar-refractivity contribution < 1.29 is 33.3 Å². The average molecular weight is 909 g/mol. The molecule has 3 saturated heterocycles. The maximum absolute atomic E-state index is 13.2. The molecule has 0 aliphatic carbocycles. The summed E-state index contributed by atoms with van der Waals surface area (Å²) in [6.45, 7) is 8.96. The Morgan fingerprint density at radius 3 is 2.38 bits per heavy atom. The average Bonchev–Trinajstić information content (AvgIpc) is 3.53. The van der Waals surface area contributed by atoms with Gasteiger partial charge in [0.05, 0.1) is 29.0 Å². The third-order valence-electron chi connectivity index (χ3n) is 12.8. The Morgan fingerprint density at radius 2 is 1.64 bits per heavy atom. The number of methoxy groups -OCH3 is 1. The molecule has 1 aromatic heterocycles. The highest BCUT2D eigenvalue weighted by atomic mass is 35.5. The number of carbonyl (C=O) groups is 5. The molecule has 0 saturated carbocycles. The topological polar surface area (TPSA) is 174 Å². The highest BCUT2D eigenvalue weighted by Crippen LogP contribution is 2.37. The van der Waals surface area contributed by atoms with Crippen LogP contribution in [0.25, 0.3) is 0 Å². The summed E-state index contributed by atoms with van der Waals surface area (Å²) in [5, 5.41) is 6.79. The molecule has 5 heterocycles. The maximum Gasteiger partial charge on any atom is 0.262 e. The molecule has 1 atom stereocenters. The molecule has 2 N–H and O–H groups in total. The number of hydrogen-bond acceptors (Lipinski definition) is 12. The van der Waals surface area contributed by atoms with Crippen LogP contribution in [-0.4, -0.2) is 133 Å². The van der Waals surface area contributed by atoms with Crippen LogP contribution in [0.2, 0.25) is 5.02 Å². The Bertz CT molecular complexity index is 2520. The Kier molecular flexibility index (Phi) is 13.5. The summed E-state index contributed by atoms with van der Waals surface area (Å²) in [6, 6.07) is 18.4. The number of carbonyl (C=O) groups excluding carboxylic acids is 5. The van der Waals surface area contributed by atoms with Gasteiger partial charge < -0.3 is 24.4 Å². The quantitative estimate of drug-likeness (QED) is 0.0990. The van der Waals surface area contributed by atoms with Crippen molar-refractivity contribution in [1.29, 1.82) is 0 Å². The lowest BCUT2D eigenvalue weighted by atomic mass is 10.0. The van der Waals surface area contributed by atoms with Crippen LogP contribution < -0.4 is 25.6 Å². The number of halogens is 1. The van der Waals surface area contributed by atoms with E-state index < -0.39 is 36.8 Å². The first-order valence-electron chi connectivity index (χ1n) is 21.9. The third kappa shape index (κ3) is 9.86. The molecule has 0 bridgehead atoms. The fraction of sp³-hybridized carbons (Fsp3) is 0.426. The minimum atomic E-state index is -2.49. The van der Waals surface area contributed by atoms with Crippen LogP contribution in [0.15, 0.2) is 66.9 Å². The predicted molar refractivity (Wildman–Crippen MR) is 245 cm³/mol. The largest absolute Gasteiger partial charge is 0.496 e. The molecule has 17 heteroatoms. The molecule has 8 rings (SSSR count). The summed E-state index contributed by atoms with van der Waals surface area (Å²) in [5.74, 6) is -0.617. The normalized spacial score (nSPS) is 18.6. The van der Waals surface area contributed by atoms with Gasteiger partial charge in [0.15, 0.2) is 0 Å². The van der Waals surface area contributed by atoms with E-state index in [0.29, 0.717) is 73.6 Å². The molecule has 336 valence electrons. The summed E-state index contributed by atoms with van der Waals surface area (Å²) < 4.78 is 18.8. The van der Waals surface area contributed by atoms with Gasteiger partial charge in [-0.25, -0.2) is 9.97 Å². The zero-order valence-corrected chi connectivity index (χ0v) is 38.1. The van der Waals surface area contributed by atoms with Gasteiger partial charge in [-0.3, -0.25) is 39.1 Å². The zero-order chi connectivity index (χ0) is 45.1. The Hall–Kier alpha value is -5.63. The van der Waals surface area contributed by atoms with E-state index in [0.717, 1.165) is 71.8 Å². The van der Waals surface area contributed by atoms with Gasteiger partial charge in [0, 0.05) is 112 Å². The van der Waals surface area contributed by atoms with Crippen molar-refractivity contribution in [2.75, 3.05) is 76.5 Å². The van der Waals surface area contributed by atoms with Crippen LogP contribution in [0.4, 0.5) is 11.4 Å². The molecule has 15 nitrogen and oxygen atoms in total. The molecule has 0 spiro atoms. The van der Waals surface area contributed by atoms with Gasteiger partial charge in [-0.15, -0.1) is 0 Å². The maximum atomic E-state index is 13.2. The molecule has 4 aliphatic heterocycles. The highest BCUT2D eigenvalue weighted by molar-refractivity contribution is 7.70. The second-order valence-corrected chi connectivity index (χ2v) is 20.9. The lowest BCUT2D eigenvalue weighted by molar-refractivity contribution is -0.136. The first kappa shape index (κ1) is 45.0. The zero-order valence-electron chi connectivity index (χ0n) is 36.5. The molecule has 3 aromatic carbocycles. The molecule has 64 heavy (non-hydrogen) atoms. The summed E-state index contributed by atoms with van der Waals surface area (Å²) in [7, 11) is -0.804. The summed E-state index contributed by atoms with van der Waals surface area (Å²) in [5.41, 5.74) is 4.82. The molecule has 4 aromatic rings. The van der Waals surface area contributed by atoms with Crippen molar-refractivity contribution in [1.82, 2.24) is 30.0 Å². The molecule has 0 radical (unpaired) electrons. The van der Waals surface area contributed by atoms with E-state index in [9.17, 15) is 28.5 Å². The smallest absolute Gasteiger partial charge is 0.262 e. The van der Waals surface area contributed by atoms with Crippen LogP contribution in [-0.2, 0) is 31.8 Å². The molecule has 1 unspecified atom stereocenters. The molecule has 3 fully saturated rings. The minimum Gasteiger partial charge on any atom is -0.496 e.